The van der Waals surface area contributed by atoms with Gasteiger partial charge in [-0.1, -0.05) is 0 Å². The summed E-state index contributed by atoms with van der Waals surface area (Å²) in [5, 5.41) is 36.1. The van der Waals surface area contributed by atoms with Crippen molar-refractivity contribution in [3.05, 3.63) is 0 Å². The lowest BCUT2D eigenvalue weighted by Gasteiger charge is -2.23. The topological polar surface area (TPSA) is 200 Å². The van der Waals surface area contributed by atoms with Gasteiger partial charge in [-0.25, -0.2) is 10.5 Å². The number of nitrogens with two attached hydrogens (primary N) is 1. The minimum atomic E-state index is -4.80. The second-order valence-corrected chi connectivity index (χ2v) is 4.44. The SMILES string of the molecule is CON.O=C[C@H](O)[C@@H](O)[C@@H](O)[C@H](O)COP(=O)(O)O. The van der Waals surface area contributed by atoms with E-state index in [0.717, 1.165) is 0 Å². The minimum Gasteiger partial charge on any atom is -0.388 e. The lowest BCUT2D eigenvalue weighted by atomic mass is 10.0. The van der Waals surface area contributed by atoms with Crippen LogP contribution in [0.25, 0.3) is 0 Å². The van der Waals surface area contributed by atoms with Gasteiger partial charge in [-0.2, -0.15) is 0 Å². The maximum absolute atomic E-state index is 10.2. The molecule has 0 aromatic rings. The monoisotopic (exact) mass is 307 g/mol. The molecule has 0 radical (unpaired) electrons. The van der Waals surface area contributed by atoms with Crippen LogP contribution in [0.15, 0.2) is 0 Å². The van der Waals surface area contributed by atoms with Crippen LogP contribution in [0.3, 0.4) is 0 Å². The average Bonchev–Trinajstić information content (AvgIpc) is 2.33. The molecule has 0 saturated heterocycles. The molecule has 0 amide bonds. The van der Waals surface area contributed by atoms with Crippen molar-refractivity contribution in [2.45, 2.75) is 24.4 Å². The van der Waals surface area contributed by atoms with Gasteiger partial charge in [-0.15, -0.1) is 0 Å². The van der Waals surface area contributed by atoms with Crippen LogP contribution in [0.4, 0.5) is 0 Å². The molecule has 0 aromatic heterocycles. The fourth-order valence-electron chi connectivity index (χ4n) is 0.782. The van der Waals surface area contributed by atoms with Crippen LogP contribution < -0.4 is 5.90 Å². The van der Waals surface area contributed by atoms with Crippen LogP contribution in [0, 0.1) is 0 Å². The van der Waals surface area contributed by atoms with Gasteiger partial charge in [0.15, 0.2) is 6.29 Å². The minimum absolute atomic E-state index is 0.0650. The number of aliphatic hydroxyl groups excluding tert-OH is 4. The number of phosphoric ester groups is 1. The fourth-order valence-corrected chi connectivity index (χ4v) is 1.13. The van der Waals surface area contributed by atoms with E-state index in [1.54, 1.807) is 0 Å². The van der Waals surface area contributed by atoms with Gasteiger partial charge in [-0.05, 0) is 0 Å². The van der Waals surface area contributed by atoms with E-state index in [1.165, 1.54) is 7.11 Å². The molecule has 12 heteroatoms. The van der Waals surface area contributed by atoms with E-state index in [2.05, 4.69) is 15.3 Å². The summed E-state index contributed by atoms with van der Waals surface area (Å²) in [6.07, 6.45) is -7.80. The molecule has 0 spiro atoms. The molecule has 0 saturated carbocycles. The van der Waals surface area contributed by atoms with E-state index < -0.39 is 38.8 Å². The Kier molecular flexibility index (Phi) is 11.3. The van der Waals surface area contributed by atoms with Gasteiger partial charge >= 0.3 is 7.82 Å². The molecule has 0 aliphatic carbocycles. The Morgan fingerprint density at radius 2 is 1.63 bits per heavy atom. The highest BCUT2D eigenvalue weighted by molar-refractivity contribution is 7.46. The van der Waals surface area contributed by atoms with Crippen molar-refractivity contribution >= 4 is 14.1 Å². The number of hydrogen-bond acceptors (Lipinski definition) is 9. The number of aliphatic hydroxyl groups is 4. The number of aldehydes is 1. The molecule has 0 unspecified atom stereocenters. The van der Waals surface area contributed by atoms with Crippen molar-refractivity contribution in [1.82, 2.24) is 0 Å². The quantitative estimate of drug-likeness (QED) is 0.138. The number of hydrogen-bond donors (Lipinski definition) is 7. The zero-order valence-corrected chi connectivity index (χ0v) is 10.8. The Balaban J connectivity index is 0. The summed E-state index contributed by atoms with van der Waals surface area (Å²) in [5.74, 6) is 4.35. The Bertz CT molecular complexity index is 283. The molecule has 0 aliphatic rings. The van der Waals surface area contributed by atoms with Crippen LogP contribution >= 0.6 is 7.82 Å². The van der Waals surface area contributed by atoms with Gasteiger partial charge < -0.3 is 39.8 Å². The van der Waals surface area contributed by atoms with Gasteiger partial charge in [0.25, 0.3) is 0 Å². The number of carbonyl (C=O) groups excluding carboxylic acids is 1. The molecule has 19 heavy (non-hydrogen) atoms. The van der Waals surface area contributed by atoms with Gasteiger partial charge in [0.05, 0.1) is 13.7 Å². The van der Waals surface area contributed by atoms with Crippen molar-refractivity contribution < 1.29 is 48.9 Å². The van der Waals surface area contributed by atoms with Crippen molar-refractivity contribution in [2.24, 2.45) is 5.90 Å². The van der Waals surface area contributed by atoms with Crippen molar-refractivity contribution in [1.29, 1.82) is 0 Å². The van der Waals surface area contributed by atoms with Crippen LogP contribution in [0.2, 0.25) is 0 Å². The van der Waals surface area contributed by atoms with Crippen LogP contribution in [-0.4, -0.2) is 74.6 Å². The van der Waals surface area contributed by atoms with Gasteiger partial charge in [0.1, 0.15) is 24.4 Å². The smallest absolute Gasteiger partial charge is 0.388 e. The molecule has 0 heterocycles. The summed E-state index contributed by atoms with van der Waals surface area (Å²) in [6, 6.07) is 0. The highest BCUT2D eigenvalue weighted by atomic mass is 31.2. The lowest BCUT2D eigenvalue weighted by Crippen LogP contribution is -2.46. The van der Waals surface area contributed by atoms with Gasteiger partial charge in [0, 0.05) is 0 Å². The molecule has 11 nitrogen and oxygen atoms in total. The van der Waals surface area contributed by atoms with Crippen LogP contribution in [0.1, 0.15) is 0 Å². The second kappa shape index (κ2) is 10.3. The predicted molar refractivity (Wildman–Crippen MR) is 59.3 cm³/mol. The number of phosphoric acid groups is 1. The summed E-state index contributed by atoms with van der Waals surface area (Å²) in [5.41, 5.74) is 0. The second-order valence-electron chi connectivity index (χ2n) is 3.20. The van der Waals surface area contributed by atoms with E-state index in [9.17, 15) is 9.36 Å². The zero-order chi connectivity index (χ0) is 15.6. The largest absolute Gasteiger partial charge is 0.469 e. The first-order valence-corrected chi connectivity index (χ1v) is 6.24. The molecule has 4 atom stereocenters. The zero-order valence-electron chi connectivity index (χ0n) is 9.93. The molecular weight excluding hydrogens is 289 g/mol. The van der Waals surface area contributed by atoms with Crippen LogP contribution in [0.5, 0.6) is 0 Å². The third-order valence-electron chi connectivity index (χ3n) is 1.65. The van der Waals surface area contributed by atoms with E-state index in [4.69, 9.17) is 30.2 Å². The summed E-state index contributed by atoms with van der Waals surface area (Å²) in [4.78, 5) is 30.3. The normalized spacial score (nSPS) is 17.7. The van der Waals surface area contributed by atoms with Gasteiger partial charge in [-0.3, -0.25) is 4.52 Å². The Morgan fingerprint density at radius 1 is 1.21 bits per heavy atom. The first-order chi connectivity index (χ1) is 8.60. The molecule has 0 bridgehead atoms. The van der Waals surface area contributed by atoms with E-state index in [1.807, 2.05) is 0 Å². The summed E-state index contributed by atoms with van der Waals surface area (Å²) in [7, 11) is -3.40. The highest BCUT2D eigenvalue weighted by Gasteiger charge is 2.31. The maximum Gasteiger partial charge on any atom is 0.469 e. The molecule has 116 valence electrons. The van der Waals surface area contributed by atoms with Crippen molar-refractivity contribution in [3.8, 4) is 0 Å². The number of rotatable bonds is 7. The fraction of sp³-hybridized carbons (Fsp3) is 0.857. The van der Waals surface area contributed by atoms with Crippen LogP contribution in [-0.2, 0) is 18.7 Å². The molecule has 0 fully saturated rings. The van der Waals surface area contributed by atoms with Crippen molar-refractivity contribution in [3.63, 3.8) is 0 Å². The number of carbonyl (C=O) groups is 1. The molecular formula is C7H18NO10P. The Labute approximate surface area is 108 Å². The highest BCUT2D eigenvalue weighted by Crippen LogP contribution is 2.35. The standard InChI is InChI=1S/C6H13O9P.CH5NO/c7-1-3(8)5(10)6(11)4(9)2-15-16(12,13)14;1-3-2/h1,3-6,8-11H,2H2,(H2,12,13,14);2H2,1H3/t3-,4+,5+,6-;/m0./s1. The van der Waals surface area contributed by atoms with E-state index in [-0.39, 0.29) is 6.29 Å². The van der Waals surface area contributed by atoms with Crippen molar-refractivity contribution in [2.75, 3.05) is 13.7 Å². The Morgan fingerprint density at radius 3 is 1.95 bits per heavy atom. The predicted octanol–water partition coefficient (Wildman–Crippen LogP) is -3.76. The summed E-state index contributed by atoms with van der Waals surface area (Å²) >= 11 is 0. The molecule has 0 aliphatic heterocycles. The third kappa shape index (κ3) is 11.1. The maximum atomic E-state index is 10.2. The third-order valence-corrected chi connectivity index (χ3v) is 2.13. The average molecular weight is 307 g/mol. The first kappa shape index (κ1) is 20.8. The van der Waals surface area contributed by atoms with E-state index in [0.29, 0.717) is 0 Å². The summed E-state index contributed by atoms with van der Waals surface area (Å²) in [6.45, 7) is -0.964. The van der Waals surface area contributed by atoms with Gasteiger partial charge in [0.2, 0.25) is 0 Å². The molecule has 0 rings (SSSR count). The van der Waals surface area contributed by atoms with E-state index >= 15 is 0 Å². The molecule has 0 aromatic carbocycles. The lowest BCUT2D eigenvalue weighted by molar-refractivity contribution is -0.136. The molecule has 8 N–H and O–H groups in total. The summed E-state index contributed by atoms with van der Waals surface area (Å²) < 4.78 is 14.1. The Hall–Kier alpha value is -0.460. The first-order valence-electron chi connectivity index (χ1n) is 4.71.